The van der Waals surface area contributed by atoms with Gasteiger partial charge in [-0.3, -0.25) is 9.48 Å². The molecule has 2 heterocycles. The molecule has 2 rings (SSSR count). The number of H-pyrrole nitrogens is 1. The van der Waals surface area contributed by atoms with Crippen molar-refractivity contribution in [1.29, 1.82) is 0 Å². The molecular weight excluding hydrogens is 230 g/mol. The monoisotopic (exact) mass is 247 g/mol. The van der Waals surface area contributed by atoms with Gasteiger partial charge in [-0.05, 0) is 25.5 Å². The van der Waals surface area contributed by atoms with Gasteiger partial charge in [-0.25, -0.2) is 4.98 Å². The fourth-order valence-corrected chi connectivity index (χ4v) is 1.73. The molecule has 1 atom stereocenters. The number of carbonyl (C=O) groups is 1. The average Bonchev–Trinajstić information content (AvgIpc) is 2.98. The van der Waals surface area contributed by atoms with Gasteiger partial charge < -0.3 is 10.3 Å². The third-order valence-corrected chi connectivity index (χ3v) is 2.68. The van der Waals surface area contributed by atoms with Crippen molar-refractivity contribution < 1.29 is 4.79 Å². The van der Waals surface area contributed by atoms with E-state index in [4.69, 9.17) is 0 Å². The van der Waals surface area contributed by atoms with Crippen LogP contribution in [0.3, 0.4) is 0 Å². The number of amides is 1. The molecule has 0 bridgehead atoms. The Bertz CT molecular complexity index is 502. The van der Waals surface area contributed by atoms with Gasteiger partial charge in [-0.2, -0.15) is 5.10 Å². The van der Waals surface area contributed by atoms with Gasteiger partial charge in [0, 0.05) is 11.7 Å². The highest BCUT2D eigenvalue weighted by atomic mass is 16.1. The lowest BCUT2D eigenvalue weighted by atomic mass is 10.3. The lowest BCUT2D eigenvalue weighted by molar-refractivity contribution is 0.0931. The third-order valence-electron chi connectivity index (χ3n) is 2.68. The van der Waals surface area contributed by atoms with Crippen molar-refractivity contribution in [3.05, 3.63) is 36.2 Å². The van der Waals surface area contributed by atoms with Gasteiger partial charge in [-0.15, -0.1) is 0 Å². The minimum atomic E-state index is -0.0951. The number of aromatic amines is 1. The van der Waals surface area contributed by atoms with Gasteiger partial charge in [-0.1, -0.05) is 6.92 Å². The molecule has 1 amide bonds. The van der Waals surface area contributed by atoms with E-state index in [2.05, 4.69) is 20.4 Å². The van der Waals surface area contributed by atoms with Crippen LogP contribution in [0.5, 0.6) is 0 Å². The minimum Gasteiger partial charge on any atom is -0.354 e. The summed E-state index contributed by atoms with van der Waals surface area (Å²) in [6.45, 7) is 4.58. The van der Waals surface area contributed by atoms with Crippen LogP contribution >= 0.6 is 0 Å². The van der Waals surface area contributed by atoms with Crippen LogP contribution in [-0.4, -0.2) is 31.7 Å². The molecular formula is C12H17N5O. The quantitative estimate of drug-likeness (QED) is 0.827. The smallest absolute Gasteiger partial charge is 0.267 e. The second kappa shape index (κ2) is 5.48. The van der Waals surface area contributed by atoms with Crippen LogP contribution < -0.4 is 5.32 Å². The highest BCUT2D eigenvalue weighted by Crippen LogP contribution is 2.03. The van der Waals surface area contributed by atoms with E-state index in [1.54, 1.807) is 17.1 Å². The molecule has 2 aromatic rings. The van der Waals surface area contributed by atoms with Gasteiger partial charge in [0.1, 0.15) is 18.3 Å². The lowest BCUT2D eigenvalue weighted by Gasteiger charge is -2.12. The van der Waals surface area contributed by atoms with E-state index < -0.39 is 0 Å². The number of hydrogen-bond donors (Lipinski definition) is 2. The van der Waals surface area contributed by atoms with Crippen LogP contribution in [0.15, 0.2) is 24.8 Å². The van der Waals surface area contributed by atoms with Crippen LogP contribution in [0.25, 0.3) is 0 Å². The van der Waals surface area contributed by atoms with Crippen LogP contribution in [0, 0.1) is 0 Å². The van der Waals surface area contributed by atoms with Gasteiger partial charge in [0.2, 0.25) is 0 Å². The van der Waals surface area contributed by atoms with Crippen molar-refractivity contribution in [2.45, 2.75) is 32.9 Å². The van der Waals surface area contributed by atoms with Crippen LogP contribution in [0.1, 0.15) is 30.0 Å². The van der Waals surface area contributed by atoms with Crippen molar-refractivity contribution >= 4 is 5.91 Å². The molecule has 0 saturated heterocycles. The van der Waals surface area contributed by atoms with Crippen molar-refractivity contribution in [3.63, 3.8) is 0 Å². The van der Waals surface area contributed by atoms with Crippen molar-refractivity contribution in [2.75, 3.05) is 0 Å². The van der Waals surface area contributed by atoms with E-state index in [9.17, 15) is 4.79 Å². The average molecular weight is 247 g/mol. The molecule has 0 radical (unpaired) electrons. The maximum atomic E-state index is 11.9. The van der Waals surface area contributed by atoms with Crippen molar-refractivity contribution in [1.82, 2.24) is 25.1 Å². The molecule has 0 aliphatic carbocycles. The van der Waals surface area contributed by atoms with E-state index in [1.165, 1.54) is 6.33 Å². The zero-order valence-corrected chi connectivity index (χ0v) is 10.6. The first-order valence-corrected chi connectivity index (χ1v) is 6.00. The van der Waals surface area contributed by atoms with E-state index in [-0.39, 0.29) is 11.9 Å². The maximum Gasteiger partial charge on any atom is 0.267 e. The van der Waals surface area contributed by atoms with Crippen LogP contribution in [0.4, 0.5) is 0 Å². The topological polar surface area (TPSA) is 75.6 Å². The second-order valence-electron chi connectivity index (χ2n) is 4.24. The molecule has 0 fully saturated rings. The third kappa shape index (κ3) is 2.97. The Hall–Kier alpha value is -2.11. The molecule has 1 unspecified atom stereocenters. The van der Waals surface area contributed by atoms with Crippen LogP contribution in [-0.2, 0) is 13.0 Å². The summed E-state index contributed by atoms with van der Waals surface area (Å²) in [4.78, 5) is 18.9. The van der Waals surface area contributed by atoms with E-state index in [0.717, 1.165) is 12.1 Å². The molecule has 2 N–H and O–H groups in total. The summed E-state index contributed by atoms with van der Waals surface area (Å²) < 4.78 is 1.69. The zero-order chi connectivity index (χ0) is 13.0. The summed E-state index contributed by atoms with van der Waals surface area (Å²) in [5.74, 6) is -0.0951. The fourth-order valence-electron chi connectivity index (χ4n) is 1.73. The molecule has 18 heavy (non-hydrogen) atoms. The molecule has 0 spiro atoms. The Balaban J connectivity index is 1.90. The molecule has 0 aromatic carbocycles. The number of nitrogens with zero attached hydrogens (tertiary/aromatic N) is 3. The Labute approximate surface area is 105 Å². The zero-order valence-electron chi connectivity index (χ0n) is 10.6. The fraction of sp³-hybridized carbons (Fsp3) is 0.417. The number of carbonyl (C=O) groups excluding carboxylic acids is 1. The van der Waals surface area contributed by atoms with E-state index >= 15 is 0 Å². The first-order chi connectivity index (χ1) is 8.69. The van der Waals surface area contributed by atoms with E-state index in [0.29, 0.717) is 12.2 Å². The molecule has 2 aromatic heterocycles. The highest BCUT2D eigenvalue weighted by molar-refractivity contribution is 5.92. The summed E-state index contributed by atoms with van der Waals surface area (Å²) in [6, 6.07) is 3.72. The van der Waals surface area contributed by atoms with E-state index in [1.807, 2.05) is 19.9 Å². The number of aryl methyl sites for hydroxylation is 1. The Morgan fingerprint density at radius 3 is 3.00 bits per heavy atom. The van der Waals surface area contributed by atoms with Gasteiger partial charge in [0.15, 0.2) is 0 Å². The summed E-state index contributed by atoms with van der Waals surface area (Å²) in [5.41, 5.74) is 1.65. The number of aromatic nitrogens is 4. The molecule has 0 aliphatic heterocycles. The normalized spacial score (nSPS) is 12.3. The molecule has 0 saturated carbocycles. The van der Waals surface area contributed by atoms with Gasteiger partial charge >= 0.3 is 0 Å². The molecule has 96 valence electrons. The van der Waals surface area contributed by atoms with Crippen molar-refractivity contribution in [3.8, 4) is 0 Å². The minimum absolute atomic E-state index is 0.00687. The maximum absolute atomic E-state index is 11.9. The summed E-state index contributed by atoms with van der Waals surface area (Å²) in [6.07, 6.45) is 4.00. The van der Waals surface area contributed by atoms with Crippen LogP contribution in [0.2, 0.25) is 0 Å². The second-order valence-corrected chi connectivity index (χ2v) is 4.24. The van der Waals surface area contributed by atoms with Gasteiger partial charge in [0.25, 0.3) is 5.91 Å². The largest absolute Gasteiger partial charge is 0.354 e. The Morgan fingerprint density at radius 2 is 2.39 bits per heavy atom. The SMILES string of the molecule is CCc1ccc(C(=O)NC(C)Cn2cncn2)[nH]1. The number of nitrogens with one attached hydrogen (secondary N) is 2. The summed E-state index contributed by atoms with van der Waals surface area (Å²) in [5, 5.41) is 6.91. The Morgan fingerprint density at radius 1 is 1.56 bits per heavy atom. The number of rotatable bonds is 5. The molecule has 6 nitrogen and oxygen atoms in total. The highest BCUT2D eigenvalue weighted by Gasteiger charge is 2.11. The first kappa shape index (κ1) is 12.3. The summed E-state index contributed by atoms with van der Waals surface area (Å²) in [7, 11) is 0. The van der Waals surface area contributed by atoms with Crippen molar-refractivity contribution in [2.24, 2.45) is 0 Å². The predicted octanol–water partition coefficient (Wildman–Crippen LogP) is 0.987. The standard InChI is InChI=1S/C12H17N5O/c1-3-10-4-5-11(16-10)12(18)15-9(2)6-17-8-13-7-14-17/h4-5,7-9,16H,3,6H2,1-2H3,(H,15,18). The van der Waals surface area contributed by atoms with Gasteiger partial charge in [0.05, 0.1) is 6.54 Å². The lowest BCUT2D eigenvalue weighted by Crippen LogP contribution is -2.36. The predicted molar refractivity (Wildman–Crippen MR) is 67.1 cm³/mol. The molecule has 6 heteroatoms. The summed E-state index contributed by atoms with van der Waals surface area (Å²) >= 11 is 0. The Kier molecular flexibility index (Phi) is 3.76. The molecule has 0 aliphatic rings. The first-order valence-electron chi connectivity index (χ1n) is 6.00. The number of hydrogen-bond acceptors (Lipinski definition) is 3.